The van der Waals surface area contributed by atoms with Crippen LogP contribution >= 0.6 is 0 Å². The second-order valence-corrected chi connectivity index (χ2v) is 6.25. The summed E-state index contributed by atoms with van der Waals surface area (Å²) in [4.78, 5) is 25.9. The van der Waals surface area contributed by atoms with E-state index in [-0.39, 0.29) is 18.0 Å². The lowest BCUT2D eigenvalue weighted by Gasteiger charge is -2.17. The van der Waals surface area contributed by atoms with Crippen LogP contribution in [0.15, 0.2) is 47.1 Å². The molecule has 0 saturated carbocycles. The van der Waals surface area contributed by atoms with Crippen molar-refractivity contribution in [2.24, 2.45) is 0 Å². The molecule has 138 valence electrons. The van der Waals surface area contributed by atoms with E-state index < -0.39 is 0 Å². The molecule has 2 heterocycles. The zero-order valence-corrected chi connectivity index (χ0v) is 14.7. The topological polar surface area (TPSA) is 83.8 Å². The second-order valence-electron chi connectivity index (χ2n) is 6.25. The van der Waals surface area contributed by atoms with Crippen LogP contribution < -0.4 is 15.4 Å². The third-order valence-electron chi connectivity index (χ3n) is 4.38. The van der Waals surface area contributed by atoms with Crippen molar-refractivity contribution in [3.05, 3.63) is 54.0 Å². The lowest BCUT2D eigenvalue weighted by Crippen LogP contribution is -2.43. The van der Waals surface area contributed by atoms with Gasteiger partial charge in [0, 0.05) is 19.5 Å². The quantitative estimate of drug-likeness (QED) is 0.793. The lowest BCUT2D eigenvalue weighted by atomic mass is 10.1. The molecule has 1 aliphatic rings. The molecular weight excluding hydrogens is 334 g/mol. The minimum absolute atomic E-state index is 0.0647. The molecule has 2 N–H and O–H groups in total. The van der Waals surface area contributed by atoms with E-state index in [1.54, 1.807) is 30.4 Å². The fraction of sp³-hybridized carbons (Fsp3) is 0.368. The minimum Gasteiger partial charge on any atom is -0.497 e. The Morgan fingerprint density at radius 3 is 2.81 bits per heavy atom. The first-order chi connectivity index (χ1) is 12.6. The smallest absolute Gasteiger partial charge is 0.315 e. The van der Waals surface area contributed by atoms with Crippen LogP contribution in [-0.4, -0.2) is 43.1 Å². The summed E-state index contributed by atoms with van der Waals surface area (Å²) in [6.45, 7) is 1.49. The van der Waals surface area contributed by atoms with E-state index >= 15 is 0 Å². The Hall–Kier alpha value is -2.96. The van der Waals surface area contributed by atoms with Gasteiger partial charge in [-0.05, 0) is 36.2 Å². The van der Waals surface area contributed by atoms with Crippen molar-refractivity contribution in [2.75, 3.05) is 20.2 Å². The SMILES string of the molecule is COc1ccc(CCN2CC(NC(=O)NCc3ccco3)CC2=O)cc1. The molecule has 26 heavy (non-hydrogen) atoms. The van der Waals surface area contributed by atoms with Crippen LogP contribution in [0.1, 0.15) is 17.7 Å². The number of nitrogens with one attached hydrogen (secondary N) is 2. The molecule has 1 aromatic carbocycles. The molecule has 7 heteroatoms. The first kappa shape index (κ1) is 17.8. The second kappa shape index (κ2) is 8.42. The number of nitrogens with zero attached hydrogens (tertiary/aromatic N) is 1. The van der Waals surface area contributed by atoms with Crippen molar-refractivity contribution in [3.8, 4) is 5.75 Å². The monoisotopic (exact) mass is 357 g/mol. The summed E-state index contributed by atoms with van der Waals surface area (Å²) < 4.78 is 10.3. The van der Waals surface area contributed by atoms with Crippen LogP contribution in [0.5, 0.6) is 5.75 Å². The highest BCUT2D eigenvalue weighted by Gasteiger charge is 2.30. The van der Waals surface area contributed by atoms with Crippen molar-refractivity contribution >= 4 is 11.9 Å². The third kappa shape index (κ3) is 4.78. The number of likely N-dealkylation sites (tertiary alicyclic amines) is 1. The average Bonchev–Trinajstić information content (AvgIpc) is 3.28. The molecule has 1 saturated heterocycles. The molecule has 7 nitrogen and oxygen atoms in total. The molecular formula is C19H23N3O4. The van der Waals surface area contributed by atoms with Gasteiger partial charge in [-0.3, -0.25) is 4.79 Å². The Labute approximate surface area is 152 Å². The van der Waals surface area contributed by atoms with Gasteiger partial charge in [-0.2, -0.15) is 0 Å². The molecule has 1 unspecified atom stereocenters. The van der Waals surface area contributed by atoms with Crippen LogP contribution in [0.4, 0.5) is 4.79 Å². The van der Waals surface area contributed by atoms with Gasteiger partial charge in [-0.15, -0.1) is 0 Å². The van der Waals surface area contributed by atoms with E-state index in [4.69, 9.17) is 9.15 Å². The summed E-state index contributed by atoms with van der Waals surface area (Å²) in [7, 11) is 1.63. The van der Waals surface area contributed by atoms with Gasteiger partial charge in [-0.25, -0.2) is 4.79 Å². The van der Waals surface area contributed by atoms with Crippen molar-refractivity contribution in [3.63, 3.8) is 0 Å². The minimum atomic E-state index is -0.295. The van der Waals surface area contributed by atoms with E-state index in [0.29, 0.717) is 31.8 Å². The number of carbonyl (C=O) groups excluding carboxylic acids is 2. The molecule has 0 spiro atoms. The summed E-state index contributed by atoms with van der Waals surface area (Å²) in [6, 6.07) is 10.9. The lowest BCUT2D eigenvalue weighted by molar-refractivity contribution is -0.127. The van der Waals surface area contributed by atoms with Crippen LogP contribution in [-0.2, 0) is 17.8 Å². The Kier molecular flexibility index (Phi) is 5.78. The predicted octanol–water partition coefficient (Wildman–Crippen LogP) is 1.93. The van der Waals surface area contributed by atoms with E-state index in [0.717, 1.165) is 17.7 Å². The molecule has 1 fully saturated rings. The Bertz CT molecular complexity index is 728. The molecule has 0 aliphatic carbocycles. The molecule has 0 bridgehead atoms. The number of hydrogen-bond acceptors (Lipinski definition) is 4. The van der Waals surface area contributed by atoms with Gasteiger partial charge in [0.25, 0.3) is 0 Å². The van der Waals surface area contributed by atoms with Crippen molar-refractivity contribution < 1.29 is 18.7 Å². The van der Waals surface area contributed by atoms with Gasteiger partial charge < -0.3 is 24.7 Å². The molecule has 1 aliphatic heterocycles. The molecule has 0 radical (unpaired) electrons. The maximum Gasteiger partial charge on any atom is 0.315 e. The highest BCUT2D eigenvalue weighted by Crippen LogP contribution is 2.15. The Morgan fingerprint density at radius 2 is 2.12 bits per heavy atom. The van der Waals surface area contributed by atoms with E-state index in [1.807, 2.05) is 24.3 Å². The van der Waals surface area contributed by atoms with E-state index in [1.165, 1.54) is 0 Å². The molecule has 3 amide bonds. The van der Waals surface area contributed by atoms with Gasteiger partial charge in [0.1, 0.15) is 11.5 Å². The van der Waals surface area contributed by atoms with Crippen molar-refractivity contribution in [1.82, 2.24) is 15.5 Å². The molecule has 2 aromatic rings. The maximum absolute atomic E-state index is 12.2. The zero-order chi connectivity index (χ0) is 18.4. The molecule has 1 atom stereocenters. The zero-order valence-electron chi connectivity index (χ0n) is 14.7. The largest absolute Gasteiger partial charge is 0.497 e. The van der Waals surface area contributed by atoms with Gasteiger partial charge in [0.05, 0.1) is 26.0 Å². The first-order valence-electron chi connectivity index (χ1n) is 8.61. The number of hydrogen-bond donors (Lipinski definition) is 2. The van der Waals surface area contributed by atoms with Gasteiger partial charge in [0.2, 0.25) is 5.91 Å². The van der Waals surface area contributed by atoms with Gasteiger partial charge in [-0.1, -0.05) is 12.1 Å². The first-order valence-corrected chi connectivity index (χ1v) is 8.61. The number of carbonyl (C=O) groups is 2. The fourth-order valence-corrected chi connectivity index (χ4v) is 2.96. The predicted molar refractivity (Wildman–Crippen MR) is 95.8 cm³/mol. The maximum atomic E-state index is 12.2. The third-order valence-corrected chi connectivity index (χ3v) is 4.38. The number of benzene rings is 1. The standard InChI is InChI=1S/C19H23N3O4/c1-25-16-6-4-14(5-7-16)8-9-22-13-15(11-18(22)23)21-19(24)20-12-17-3-2-10-26-17/h2-7,10,15H,8-9,11-13H2,1H3,(H2,20,21,24). The van der Waals surface area contributed by atoms with Crippen molar-refractivity contribution in [2.45, 2.75) is 25.4 Å². The van der Waals surface area contributed by atoms with Gasteiger partial charge >= 0.3 is 6.03 Å². The molecule has 3 rings (SSSR count). The number of furan rings is 1. The normalized spacial score (nSPS) is 16.6. The Morgan fingerprint density at radius 1 is 1.31 bits per heavy atom. The summed E-state index contributed by atoms with van der Waals surface area (Å²) >= 11 is 0. The Balaban J connectivity index is 1.41. The van der Waals surface area contributed by atoms with Crippen molar-refractivity contribution in [1.29, 1.82) is 0 Å². The number of urea groups is 1. The number of rotatable bonds is 7. The fourth-order valence-electron chi connectivity index (χ4n) is 2.96. The van der Waals surface area contributed by atoms with Gasteiger partial charge in [0.15, 0.2) is 0 Å². The highest BCUT2D eigenvalue weighted by molar-refractivity contribution is 5.81. The highest BCUT2D eigenvalue weighted by atomic mass is 16.5. The summed E-state index contributed by atoms with van der Waals surface area (Å²) in [5.74, 6) is 1.56. The van der Waals surface area contributed by atoms with Crippen LogP contribution in [0.3, 0.4) is 0 Å². The number of amides is 3. The van der Waals surface area contributed by atoms with Crippen LogP contribution in [0, 0.1) is 0 Å². The number of methoxy groups -OCH3 is 1. The number of ether oxygens (including phenoxy) is 1. The van der Waals surface area contributed by atoms with E-state index in [9.17, 15) is 9.59 Å². The van der Waals surface area contributed by atoms with Crippen LogP contribution in [0.25, 0.3) is 0 Å². The summed E-state index contributed by atoms with van der Waals surface area (Å²) in [5.41, 5.74) is 1.14. The summed E-state index contributed by atoms with van der Waals surface area (Å²) in [5, 5.41) is 5.57. The van der Waals surface area contributed by atoms with Crippen LogP contribution in [0.2, 0.25) is 0 Å². The van der Waals surface area contributed by atoms with E-state index in [2.05, 4.69) is 10.6 Å². The summed E-state index contributed by atoms with van der Waals surface area (Å²) in [6.07, 6.45) is 2.66. The average molecular weight is 357 g/mol. The molecule has 1 aromatic heterocycles.